The molecular weight excluding hydrogens is 275 g/mol. The van der Waals surface area contributed by atoms with Crippen molar-refractivity contribution in [2.75, 3.05) is 13.1 Å². The van der Waals surface area contributed by atoms with E-state index in [2.05, 4.69) is 4.98 Å². The van der Waals surface area contributed by atoms with Gasteiger partial charge in [-0.2, -0.15) is 4.31 Å². The molecule has 0 aromatic carbocycles. The lowest BCUT2D eigenvalue weighted by Crippen LogP contribution is -2.42. The van der Waals surface area contributed by atoms with Crippen molar-refractivity contribution in [1.29, 1.82) is 0 Å². The molecule has 0 bridgehead atoms. The molecule has 0 amide bonds. The van der Waals surface area contributed by atoms with E-state index >= 15 is 0 Å². The van der Waals surface area contributed by atoms with Crippen molar-refractivity contribution < 1.29 is 22.7 Å². The SMILES string of the molecule is O=C(O)[C@H]1CCCN(S(=O)(=O)c2cncc(F)c2)C1. The predicted molar refractivity (Wildman–Crippen MR) is 63.3 cm³/mol. The average Bonchev–Trinajstić information content (AvgIpc) is 2.39. The molecule has 0 aliphatic carbocycles. The van der Waals surface area contributed by atoms with Gasteiger partial charge in [0.2, 0.25) is 10.0 Å². The third kappa shape index (κ3) is 2.90. The molecule has 2 rings (SSSR count). The third-order valence-electron chi connectivity index (χ3n) is 3.05. The van der Waals surface area contributed by atoms with E-state index in [4.69, 9.17) is 5.11 Å². The van der Waals surface area contributed by atoms with Crippen LogP contribution in [0.3, 0.4) is 0 Å². The zero-order valence-electron chi connectivity index (χ0n) is 9.99. The van der Waals surface area contributed by atoms with Gasteiger partial charge in [0.1, 0.15) is 10.7 Å². The van der Waals surface area contributed by atoms with E-state index in [1.807, 2.05) is 0 Å². The Balaban J connectivity index is 2.27. The average molecular weight is 288 g/mol. The topological polar surface area (TPSA) is 87.6 Å². The smallest absolute Gasteiger partial charge is 0.307 e. The highest BCUT2D eigenvalue weighted by Gasteiger charge is 2.33. The molecule has 1 fully saturated rings. The van der Waals surface area contributed by atoms with E-state index in [0.717, 1.165) is 22.8 Å². The second-order valence-electron chi connectivity index (χ2n) is 4.38. The highest BCUT2D eigenvalue weighted by atomic mass is 32.2. The van der Waals surface area contributed by atoms with Crippen molar-refractivity contribution in [2.45, 2.75) is 17.7 Å². The van der Waals surface area contributed by atoms with Crippen molar-refractivity contribution in [2.24, 2.45) is 5.92 Å². The molecule has 1 aromatic rings. The number of hydrogen-bond donors (Lipinski definition) is 1. The van der Waals surface area contributed by atoms with Gasteiger partial charge in [0.15, 0.2) is 0 Å². The van der Waals surface area contributed by atoms with Crippen LogP contribution in [-0.4, -0.2) is 41.9 Å². The number of nitrogens with zero attached hydrogens (tertiary/aromatic N) is 2. The van der Waals surface area contributed by atoms with Crippen LogP contribution in [0.1, 0.15) is 12.8 Å². The van der Waals surface area contributed by atoms with E-state index in [1.54, 1.807) is 0 Å². The maximum absolute atomic E-state index is 13.0. The van der Waals surface area contributed by atoms with Crippen molar-refractivity contribution in [3.8, 4) is 0 Å². The van der Waals surface area contributed by atoms with Gasteiger partial charge in [-0.15, -0.1) is 0 Å². The molecule has 0 saturated carbocycles. The lowest BCUT2D eigenvalue weighted by Gasteiger charge is -2.29. The van der Waals surface area contributed by atoms with Crippen LogP contribution in [0.2, 0.25) is 0 Å². The second kappa shape index (κ2) is 5.22. The molecule has 19 heavy (non-hydrogen) atoms. The zero-order chi connectivity index (χ0) is 14.0. The largest absolute Gasteiger partial charge is 0.481 e. The molecule has 0 unspecified atom stereocenters. The van der Waals surface area contributed by atoms with Crippen LogP contribution in [0.25, 0.3) is 0 Å². The molecule has 1 aliphatic rings. The van der Waals surface area contributed by atoms with Crippen LogP contribution in [0, 0.1) is 11.7 Å². The summed E-state index contributed by atoms with van der Waals surface area (Å²) in [6.07, 6.45) is 2.89. The number of carboxylic acid groups (broad SMARTS) is 1. The number of aromatic nitrogens is 1. The standard InChI is InChI=1S/C11H13FN2O4S/c12-9-4-10(6-13-5-9)19(17,18)14-3-1-2-8(7-14)11(15)16/h4-6,8H,1-3,7H2,(H,15,16)/t8-/m0/s1. The number of aliphatic carboxylic acids is 1. The van der Waals surface area contributed by atoms with Crippen LogP contribution in [-0.2, 0) is 14.8 Å². The van der Waals surface area contributed by atoms with E-state index in [-0.39, 0.29) is 18.0 Å². The predicted octanol–water partition coefficient (Wildman–Crippen LogP) is 0.706. The zero-order valence-corrected chi connectivity index (χ0v) is 10.8. The summed E-state index contributed by atoms with van der Waals surface area (Å²) in [5, 5.41) is 8.94. The highest BCUT2D eigenvalue weighted by molar-refractivity contribution is 7.89. The number of sulfonamides is 1. The molecule has 0 spiro atoms. The molecule has 8 heteroatoms. The number of pyridine rings is 1. The van der Waals surface area contributed by atoms with Crippen molar-refractivity contribution >= 4 is 16.0 Å². The molecule has 104 valence electrons. The minimum atomic E-state index is -3.88. The fraction of sp³-hybridized carbons (Fsp3) is 0.455. The Morgan fingerprint density at radius 3 is 2.84 bits per heavy atom. The van der Waals surface area contributed by atoms with Gasteiger partial charge in [0.25, 0.3) is 0 Å². The normalized spacial score (nSPS) is 21.2. The number of rotatable bonds is 3. The van der Waals surface area contributed by atoms with Crippen molar-refractivity contribution in [3.05, 3.63) is 24.3 Å². The third-order valence-corrected chi connectivity index (χ3v) is 4.88. The second-order valence-corrected chi connectivity index (χ2v) is 6.32. The summed E-state index contributed by atoms with van der Waals surface area (Å²) in [6, 6.07) is 0.882. The van der Waals surface area contributed by atoms with E-state index < -0.39 is 27.7 Å². The van der Waals surface area contributed by atoms with Crippen molar-refractivity contribution in [3.63, 3.8) is 0 Å². The number of halogens is 1. The lowest BCUT2D eigenvalue weighted by molar-refractivity contribution is -0.142. The van der Waals surface area contributed by atoms with Gasteiger partial charge in [-0.25, -0.2) is 12.8 Å². The molecule has 1 atom stereocenters. The Bertz CT molecular complexity index is 590. The summed E-state index contributed by atoms with van der Waals surface area (Å²) in [7, 11) is -3.88. The Kier molecular flexibility index (Phi) is 3.81. The van der Waals surface area contributed by atoms with E-state index in [0.29, 0.717) is 12.8 Å². The van der Waals surface area contributed by atoms with Gasteiger partial charge in [-0.1, -0.05) is 0 Å². The van der Waals surface area contributed by atoms with Gasteiger partial charge in [0.05, 0.1) is 12.1 Å². The van der Waals surface area contributed by atoms with Crippen LogP contribution in [0.15, 0.2) is 23.4 Å². The fourth-order valence-electron chi connectivity index (χ4n) is 2.04. The van der Waals surface area contributed by atoms with Gasteiger partial charge >= 0.3 is 5.97 Å². The molecule has 1 N–H and O–H groups in total. The molecule has 2 heterocycles. The fourth-order valence-corrected chi connectivity index (χ4v) is 3.54. The summed E-state index contributed by atoms with van der Waals surface area (Å²) in [5.41, 5.74) is 0. The first-order valence-corrected chi connectivity index (χ1v) is 7.19. The van der Waals surface area contributed by atoms with Gasteiger partial charge < -0.3 is 5.11 Å². The maximum atomic E-state index is 13.0. The van der Waals surface area contributed by atoms with E-state index in [9.17, 15) is 17.6 Å². The van der Waals surface area contributed by atoms with Crippen LogP contribution < -0.4 is 0 Å². The van der Waals surface area contributed by atoms with Crippen LogP contribution in [0.4, 0.5) is 4.39 Å². The Hall–Kier alpha value is -1.54. The van der Waals surface area contributed by atoms with Gasteiger partial charge in [0, 0.05) is 19.3 Å². The molecule has 0 radical (unpaired) electrons. The summed E-state index contributed by atoms with van der Waals surface area (Å²) < 4.78 is 38.6. The minimum Gasteiger partial charge on any atom is -0.481 e. The van der Waals surface area contributed by atoms with Gasteiger partial charge in [-0.3, -0.25) is 9.78 Å². The maximum Gasteiger partial charge on any atom is 0.307 e. The molecule has 1 aromatic heterocycles. The molecule has 1 saturated heterocycles. The summed E-state index contributed by atoms with van der Waals surface area (Å²) in [5.74, 6) is -2.48. The first kappa shape index (κ1) is 13.9. The summed E-state index contributed by atoms with van der Waals surface area (Å²) in [6.45, 7) is 0.150. The Labute approximate surface area is 109 Å². The number of piperidine rings is 1. The van der Waals surface area contributed by atoms with Crippen LogP contribution in [0.5, 0.6) is 0 Å². The molecule has 1 aliphatic heterocycles. The quantitative estimate of drug-likeness (QED) is 0.885. The number of carboxylic acids is 1. The van der Waals surface area contributed by atoms with Crippen LogP contribution >= 0.6 is 0 Å². The summed E-state index contributed by atoms with van der Waals surface area (Å²) >= 11 is 0. The number of carbonyl (C=O) groups is 1. The lowest BCUT2D eigenvalue weighted by atomic mass is 10.0. The number of hydrogen-bond acceptors (Lipinski definition) is 4. The molecular formula is C11H13FN2O4S. The summed E-state index contributed by atoms with van der Waals surface area (Å²) in [4.78, 5) is 14.2. The minimum absolute atomic E-state index is 0.0891. The highest BCUT2D eigenvalue weighted by Crippen LogP contribution is 2.23. The van der Waals surface area contributed by atoms with E-state index in [1.165, 1.54) is 0 Å². The Morgan fingerprint density at radius 1 is 1.47 bits per heavy atom. The molecule has 6 nitrogen and oxygen atoms in total. The van der Waals surface area contributed by atoms with Crippen molar-refractivity contribution in [1.82, 2.24) is 9.29 Å². The van der Waals surface area contributed by atoms with Gasteiger partial charge in [-0.05, 0) is 18.9 Å². The first-order chi connectivity index (χ1) is 8.91. The Morgan fingerprint density at radius 2 is 2.21 bits per heavy atom. The first-order valence-electron chi connectivity index (χ1n) is 5.75. The monoisotopic (exact) mass is 288 g/mol.